The molecule has 11 heteroatoms. The molecule has 0 spiro atoms. The molecular weight excluding hydrogens is 438 g/mol. The van der Waals surface area contributed by atoms with E-state index in [1.165, 1.54) is 11.8 Å². The Morgan fingerprint density at radius 3 is 2.71 bits per heavy atom. The predicted molar refractivity (Wildman–Crippen MR) is 117 cm³/mol. The summed E-state index contributed by atoms with van der Waals surface area (Å²) < 4.78 is 7.30. The van der Waals surface area contributed by atoms with Gasteiger partial charge >= 0.3 is 0 Å². The molecular formula is C20H19N5O4S2. The van der Waals surface area contributed by atoms with Crippen LogP contribution in [0.1, 0.15) is 5.76 Å². The number of aryl methyl sites for hydroxylation is 1. The molecule has 3 heterocycles. The summed E-state index contributed by atoms with van der Waals surface area (Å²) in [6, 6.07) is 11.5. The normalized spacial score (nSPS) is 13.8. The number of carbonyl (C=O) groups excluding carboxylic acids is 3. The fraction of sp³-hybridized carbons (Fsp3) is 0.250. The van der Waals surface area contributed by atoms with E-state index in [0.717, 1.165) is 33.7 Å². The van der Waals surface area contributed by atoms with Gasteiger partial charge in [0.05, 0.1) is 23.3 Å². The van der Waals surface area contributed by atoms with Crippen molar-refractivity contribution in [2.24, 2.45) is 0 Å². The SMILES string of the molecule is Cc1occc1-c1nnc(SCC(=O)NCCN2C(=O)CSC2=O)n1-c1ccccc1. The second-order valence-electron chi connectivity index (χ2n) is 6.61. The Morgan fingerprint density at radius 1 is 1.23 bits per heavy atom. The Balaban J connectivity index is 1.43. The van der Waals surface area contributed by atoms with Gasteiger partial charge in [-0.25, -0.2) is 0 Å². The lowest BCUT2D eigenvalue weighted by atomic mass is 10.2. The molecule has 1 aliphatic heterocycles. The monoisotopic (exact) mass is 457 g/mol. The molecule has 1 aromatic carbocycles. The molecule has 1 N–H and O–H groups in total. The molecule has 0 atom stereocenters. The van der Waals surface area contributed by atoms with Gasteiger partial charge in [0.15, 0.2) is 11.0 Å². The first-order valence-corrected chi connectivity index (χ1v) is 11.4. The summed E-state index contributed by atoms with van der Waals surface area (Å²) in [4.78, 5) is 36.7. The molecule has 0 unspecified atom stereocenters. The minimum absolute atomic E-state index is 0.117. The minimum atomic E-state index is -0.272. The second-order valence-corrected chi connectivity index (χ2v) is 8.48. The summed E-state index contributed by atoms with van der Waals surface area (Å²) in [5, 5.41) is 11.6. The molecule has 4 rings (SSSR count). The molecule has 3 amide bonds. The van der Waals surface area contributed by atoms with Gasteiger partial charge in [-0.05, 0) is 25.1 Å². The van der Waals surface area contributed by atoms with E-state index in [2.05, 4.69) is 15.5 Å². The fourth-order valence-corrected chi connectivity index (χ4v) is 4.58. The Bertz CT molecular complexity index is 1100. The van der Waals surface area contributed by atoms with Crippen LogP contribution in [-0.4, -0.2) is 61.3 Å². The number of amides is 3. The Kier molecular flexibility index (Phi) is 6.42. The van der Waals surface area contributed by atoms with Gasteiger partial charge in [0.1, 0.15) is 5.76 Å². The van der Waals surface area contributed by atoms with Gasteiger partial charge in [0, 0.05) is 18.8 Å². The van der Waals surface area contributed by atoms with Gasteiger partial charge in [-0.15, -0.1) is 10.2 Å². The zero-order valence-electron chi connectivity index (χ0n) is 16.6. The van der Waals surface area contributed by atoms with E-state index in [9.17, 15) is 14.4 Å². The Morgan fingerprint density at radius 2 is 2.03 bits per heavy atom. The van der Waals surface area contributed by atoms with Crippen molar-refractivity contribution in [3.05, 3.63) is 48.4 Å². The van der Waals surface area contributed by atoms with Crippen molar-refractivity contribution in [2.45, 2.75) is 12.1 Å². The molecule has 1 fully saturated rings. The standard InChI is InChI=1S/C20H19N5O4S2/c1-13-15(7-10-29-13)18-22-23-19(25(18)14-5-3-2-4-6-14)30-11-16(26)21-8-9-24-17(27)12-31-20(24)28/h2-7,10H,8-9,11-12H2,1H3,(H,21,26). The highest BCUT2D eigenvalue weighted by Crippen LogP contribution is 2.30. The van der Waals surface area contributed by atoms with Gasteiger partial charge in [0.25, 0.3) is 5.24 Å². The molecule has 1 saturated heterocycles. The predicted octanol–water partition coefficient (Wildman–Crippen LogP) is 2.74. The number of hydrogen-bond acceptors (Lipinski definition) is 8. The molecule has 9 nitrogen and oxygen atoms in total. The highest BCUT2D eigenvalue weighted by Gasteiger charge is 2.29. The van der Waals surface area contributed by atoms with Crippen LogP contribution < -0.4 is 5.32 Å². The minimum Gasteiger partial charge on any atom is -0.469 e. The van der Waals surface area contributed by atoms with Crippen LogP contribution in [0.25, 0.3) is 17.1 Å². The van der Waals surface area contributed by atoms with E-state index in [4.69, 9.17) is 4.42 Å². The number of para-hydroxylation sites is 1. The van der Waals surface area contributed by atoms with E-state index < -0.39 is 0 Å². The van der Waals surface area contributed by atoms with Crippen molar-refractivity contribution in [3.63, 3.8) is 0 Å². The van der Waals surface area contributed by atoms with Crippen LogP contribution >= 0.6 is 23.5 Å². The van der Waals surface area contributed by atoms with Crippen molar-refractivity contribution in [3.8, 4) is 17.1 Å². The first-order valence-electron chi connectivity index (χ1n) is 9.46. The largest absolute Gasteiger partial charge is 0.469 e. The van der Waals surface area contributed by atoms with Gasteiger partial charge in [-0.2, -0.15) is 0 Å². The van der Waals surface area contributed by atoms with E-state index in [-0.39, 0.29) is 41.6 Å². The molecule has 160 valence electrons. The van der Waals surface area contributed by atoms with Crippen LogP contribution in [0, 0.1) is 6.92 Å². The Labute approximate surface area is 186 Å². The van der Waals surface area contributed by atoms with Crippen LogP contribution in [0.3, 0.4) is 0 Å². The summed E-state index contributed by atoms with van der Waals surface area (Å²) in [5.41, 5.74) is 1.69. The number of rotatable bonds is 8. The van der Waals surface area contributed by atoms with Gasteiger partial charge in [-0.3, -0.25) is 23.9 Å². The van der Waals surface area contributed by atoms with Crippen molar-refractivity contribution < 1.29 is 18.8 Å². The number of hydrogen-bond donors (Lipinski definition) is 1. The fourth-order valence-electron chi connectivity index (χ4n) is 3.05. The number of nitrogens with one attached hydrogen (secondary N) is 1. The zero-order valence-corrected chi connectivity index (χ0v) is 18.2. The molecule has 0 aliphatic carbocycles. The third-order valence-corrected chi connectivity index (χ3v) is 6.37. The van der Waals surface area contributed by atoms with Gasteiger partial charge < -0.3 is 9.73 Å². The number of nitrogens with zero attached hydrogens (tertiary/aromatic N) is 4. The number of furan rings is 1. The molecule has 3 aromatic rings. The van der Waals surface area contributed by atoms with Crippen molar-refractivity contribution in [1.82, 2.24) is 25.0 Å². The molecule has 0 bridgehead atoms. The van der Waals surface area contributed by atoms with E-state index in [0.29, 0.717) is 11.0 Å². The maximum atomic E-state index is 12.3. The lowest BCUT2D eigenvalue weighted by molar-refractivity contribution is -0.125. The lowest BCUT2D eigenvalue weighted by Crippen LogP contribution is -2.38. The highest BCUT2D eigenvalue weighted by molar-refractivity contribution is 8.14. The smallest absolute Gasteiger partial charge is 0.288 e. The van der Waals surface area contributed by atoms with Crippen LogP contribution in [0.4, 0.5) is 4.79 Å². The van der Waals surface area contributed by atoms with Crippen LogP contribution in [0.2, 0.25) is 0 Å². The summed E-state index contributed by atoms with van der Waals surface area (Å²) in [6.45, 7) is 2.24. The molecule has 2 aromatic heterocycles. The maximum Gasteiger partial charge on any atom is 0.288 e. The van der Waals surface area contributed by atoms with Gasteiger partial charge in [-0.1, -0.05) is 41.7 Å². The molecule has 1 aliphatic rings. The number of thioether (sulfide) groups is 2. The summed E-state index contributed by atoms with van der Waals surface area (Å²) in [7, 11) is 0. The van der Waals surface area contributed by atoms with E-state index >= 15 is 0 Å². The molecule has 0 radical (unpaired) electrons. The third-order valence-electron chi connectivity index (χ3n) is 4.58. The van der Waals surface area contributed by atoms with Crippen molar-refractivity contribution in [1.29, 1.82) is 0 Å². The average Bonchev–Trinajstić information content (AvgIpc) is 3.47. The lowest BCUT2D eigenvalue weighted by Gasteiger charge is -2.13. The van der Waals surface area contributed by atoms with Crippen LogP contribution in [0.5, 0.6) is 0 Å². The molecule has 0 saturated carbocycles. The van der Waals surface area contributed by atoms with Crippen molar-refractivity contribution in [2.75, 3.05) is 24.6 Å². The summed E-state index contributed by atoms with van der Waals surface area (Å²) in [6.07, 6.45) is 1.60. The highest BCUT2D eigenvalue weighted by atomic mass is 32.2. The maximum absolute atomic E-state index is 12.3. The topological polar surface area (TPSA) is 110 Å². The first kappa shape index (κ1) is 21.2. The quantitative estimate of drug-likeness (QED) is 0.514. The number of carbonyl (C=O) groups is 3. The van der Waals surface area contributed by atoms with Gasteiger partial charge in [0.2, 0.25) is 11.8 Å². The second kappa shape index (κ2) is 9.40. The van der Waals surface area contributed by atoms with Crippen LogP contribution in [0.15, 0.2) is 52.2 Å². The van der Waals surface area contributed by atoms with E-state index in [1.807, 2.05) is 47.9 Å². The Hall–Kier alpha value is -3.05. The summed E-state index contributed by atoms with van der Waals surface area (Å²) in [5.74, 6) is 1.19. The zero-order chi connectivity index (χ0) is 21.8. The number of imide groups is 1. The van der Waals surface area contributed by atoms with Crippen LogP contribution in [-0.2, 0) is 9.59 Å². The third kappa shape index (κ3) is 4.67. The first-order chi connectivity index (χ1) is 15.0. The molecule has 31 heavy (non-hydrogen) atoms. The number of aromatic nitrogens is 3. The number of benzene rings is 1. The summed E-state index contributed by atoms with van der Waals surface area (Å²) >= 11 is 2.23. The van der Waals surface area contributed by atoms with Crippen molar-refractivity contribution >= 4 is 40.6 Å². The average molecular weight is 458 g/mol. The van der Waals surface area contributed by atoms with E-state index in [1.54, 1.807) is 6.26 Å².